The van der Waals surface area contributed by atoms with Gasteiger partial charge in [-0.25, -0.2) is 9.19 Å². The zero-order chi connectivity index (χ0) is 19.6. The second-order valence-electron chi connectivity index (χ2n) is 5.68. The number of alkyl halides is 3. The lowest BCUT2D eigenvalue weighted by Crippen LogP contribution is -2.39. The second kappa shape index (κ2) is 7.86. The fraction of sp³-hybridized carbons (Fsp3) is 0.429. The van der Waals surface area contributed by atoms with Gasteiger partial charge in [-0.1, -0.05) is 0 Å². The van der Waals surface area contributed by atoms with Crippen molar-refractivity contribution in [2.24, 2.45) is 10.2 Å². The van der Waals surface area contributed by atoms with E-state index >= 15 is 0 Å². The van der Waals surface area contributed by atoms with Crippen molar-refractivity contribution in [2.45, 2.75) is 26.1 Å². The first kappa shape index (κ1) is 19.6. The number of hydrogen-bond donors (Lipinski definition) is 1. The molecule has 0 saturated carbocycles. The summed E-state index contributed by atoms with van der Waals surface area (Å²) in [6, 6.07) is 4.15. The molecule has 0 spiro atoms. The summed E-state index contributed by atoms with van der Waals surface area (Å²) in [7, 11) is 0. The summed E-state index contributed by atoms with van der Waals surface area (Å²) < 4.78 is 64.2. The molecule has 1 aromatic carbocycles. The van der Waals surface area contributed by atoms with Gasteiger partial charge in [-0.3, -0.25) is 4.55 Å². The Labute approximate surface area is 159 Å². The minimum absolute atomic E-state index is 0.172. The van der Waals surface area contributed by atoms with Crippen molar-refractivity contribution in [3.8, 4) is 0 Å². The SMILES string of the molecule is Cc1nsc(N=Nc2ccc(N3CCCC3)cc2N(S(=O)O)C(F)(F)F)n1. The van der Waals surface area contributed by atoms with Crippen molar-refractivity contribution in [3.05, 3.63) is 24.0 Å². The van der Waals surface area contributed by atoms with Crippen LogP contribution in [0, 0.1) is 6.92 Å². The number of anilines is 2. The van der Waals surface area contributed by atoms with Crippen LogP contribution in [0.3, 0.4) is 0 Å². The molecule has 1 aliphatic rings. The van der Waals surface area contributed by atoms with Crippen LogP contribution < -0.4 is 9.21 Å². The maximum absolute atomic E-state index is 13.4. The minimum Gasteiger partial charge on any atom is -0.371 e. The van der Waals surface area contributed by atoms with Gasteiger partial charge in [-0.15, -0.1) is 23.4 Å². The highest BCUT2D eigenvalue weighted by molar-refractivity contribution is 7.80. The van der Waals surface area contributed by atoms with E-state index in [1.54, 1.807) is 13.0 Å². The Kier molecular flexibility index (Phi) is 5.72. The molecule has 146 valence electrons. The zero-order valence-corrected chi connectivity index (χ0v) is 15.7. The Morgan fingerprint density at radius 1 is 1.30 bits per heavy atom. The first-order chi connectivity index (χ1) is 12.8. The predicted octanol–water partition coefficient (Wildman–Crippen LogP) is 4.33. The van der Waals surface area contributed by atoms with Crippen molar-refractivity contribution < 1.29 is 21.9 Å². The van der Waals surface area contributed by atoms with E-state index in [1.165, 1.54) is 12.1 Å². The van der Waals surface area contributed by atoms with Crippen LogP contribution in [0.1, 0.15) is 18.7 Å². The molecule has 3 rings (SSSR count). The monoisotopic (exact) mass is 420 g/mol. The molecular weight excluding hydrogens is 405 g/mol. The van der Waals surface area contributed by atoms with E-state index in [-0.39, 0.29) is 10.8 Å². The third-order valence-corrected chi connectivity index (χ3v) is 5.20. The van der Waals surface area contributed by atoms with Crippen molar-refractivity contribution in [1.29, 1.82) is 0 Å². The summed E-state index contributed by atoms with van der Waals surface area (Å²) >= 11 is -2.38. The molecule has 1 fully saturated rings. The van der Waals surface area contributed by atoms with E-state index in [9.17, 15) is 21.9 Å². The fourth-order valence-corrected chi connectivity index (χ4v) is 3.66. The highest BCUT2D eigenvalue weighted by Crippen LogP contribution is 2.40. The molecule has 2 heterocycles. The molecule has 1 aromatic heterocycles. The molecule has 0 radical (unpaired) electrons. The molecule has 13 heteroatoms. The Balaban J connectivity index is 2.05. The Hall–Kier alpha value is -2.12. The molecule has 0 bridgehead atoms. The number of benzene rings is 1. The largest absolute Gasteiger partial charge is 0.498 e. The lowest BCUT2D eigenvalue weighted by atomic mass is 10.2. The molecule has 0 aliphatic carbocycles. The number of azo groups is 1. The molecule has 1 aliphatic heterocycles. The minimum atomic E-state index is -5.08. The first-order valence-electron chi connectivity index (χ1n) is 7.84. The van der Waals surface area contributed by atoms with Crippen molar-refractivity contribution in [3.63, 3.8) is 0 Å². The van der Waals surface area contributed by atoms with Crippen LogP contribution in [0.15, 0.2) is 28.4 Å². The van der Waals surface area contributed by atoms with Crippen LogP contribution in [0.5, 0.6) is 0 Å². The topological polar surface area (TPSA) is 94.3 Å². The summed E-state index contributed by atoms with van der Waals surface area (Å²) in [5, 5.41) is 7.76. The first-order valence-corrected chi connectivity index (χ1v) is 9.68. The number of halogens is 3. The van der Waals surface area contributed by atoms with Gasteiger partial charge in [0, 0.05) is 30.3 Å². The van der Waals surface area contributed by atoms with Crippen molar-refractivity contribution >= 4 is 45.0 Å². The summed E-state index contributed by atoms with van der Waals surface area (Å²) in [5.74, 6) is 0.465. The average Bonchev–Trinajstić information content (AvgIpc) is 3.23. The van der Waals surface area contributed by atoms with Gasteiger partial charge in [0.15, 0.2) is 0 Å². The Morgan fingerprint density at radius 2 is 2.00 bits per heavy atom. The highest BCUT2D eigenvalue weighted by atomic mass is 32.2. The van der Waals surface area contributed by atoms with Crippen LogP contribution in [-0.4, -0.2) is 37.5 Å². The van der Waals surface area contributed by atoms with Gasteiger partial charge >= 0.3 is 6.30 Å². The lowest BCUT2D eigenvalue weighted by Gasteiger charge is -2.25. The van der Waals surface area contributed by atoms with Crippen molar-refractivity contribution in [1.82, 2.24) is 9.36 Å². The third-order valence-electron chi connectivity index (χ3n) is 3.80. The number of rotatable bonds is 5. The van der Waals surface area contributed by atoms with E-state index < -0.39 is 27.6 Å². The highest BCUT2D eigenvalue weighted by Gasteiger charge is 2.43. The van der Waals surface area contributed by atoms with Crippen LogP contribution in [0.2, 0.25) is 0 Å². The standard InChI is InChI=1S/C14H15F3N6O2S2/c1-9-18-13(26-21-9)20-19-11-5-4-10(22-6-2-3-7-22)8-12(11)23(27(24)25)14(15,16)17/h4-5,8H,2-3,6-7H2,1H3,(H,24,25). The fourth-order valence-electron chi connectivity index (χ4n) is 2.66. The van der Waals surface area contributed by atoms with E-state index in [1.807, 2.05) is 4.90 Å². The van der Waals surface area contributed by atoms with Crippen LogP contribution in [-0.2, 0) is 11.3 Å². The molecular formula is C14H15F3N6O2S2. The number of aryl methyl sites for hydroxylation is 1. The predicted molar refractivity (Wildman–Crippen MR) is 96.0 cm³/mol. The van der Waals surface area contributed by atoms with Gasteiger partial charge in [0.1, 0.15) is 11.5 Å². The van der Waals surface area contributed by atoms with Gasteiger partial charge in [0.25, 0.3) is 11.3 Å². The Morgan fingerprint density at radius 3 is 2.56 bits per heavy atom. The smallest absolute Gasteiger partial charge is 0.371 e. The van der Waals surface area contributed by atoms with Crippen LogP contribution >= 0.6 is 11.5 Å². The third kappa shape index (κ3) is 4.59. The zero-order valence-electron chi connectivity index (χ0n) is 14.0. The molecule has 1 N–H and O–H groups in total. The van der Waals surface area contributed by atoms with Gasteiger partial charge in [0.05, 0.1) is 5.69 Å². The summed E-state index contributed by atoms with van der Waals surface area (Å²) in [5.41, 5.74) is -0.240. The van der Waals surface area contributed by atoms with E-state index in [4.69, 9.17) is 0 Å². The normalized spacial score (nSPS) is 16.3. The van der Waals surface area contributed by atoms with Gasteiger partial charge in [-0.05, 0) is 38.0 Å². The molecule has 1 atom stereocenters. The quantitative estimate of drug-likeness (QED) is 0.442. The van der Waals surface area contributed by atoms with Crippen molar-refractivity contribution in [2.75, 3.05) is 22.3 Å². The summed E-state index contributed by atoms with van der Waals surface area (Å²) in [6.45, 7) is 3.06. The van der Waals surface area contributed by atoms with Crippen LogP contribution in [0.4, 0.5) is 35.4 Å². The maximum Gasteiger partial charge on any atom is 0.498 e. The van der Waals surface area contributed by atoms with E-state index in [0.29, 0.717) is 24.6 Å². The molecule has 1 unspecified atom stereocenters. The molecule has 8 nitrogen and oxygen atoms in total. The lowest BCUT2D eigenvalue weighted by molar-refractivity contribution is -0.115. The summed E-state index contributed by atoms with van der Waals surface area (Å²) in [4.78, 5) is 5.87. The van der Waals surface area contributed by atoms with Gasteiger partial charge < -0.3 is 4.90 Å². The van der Waals surface area contributed by atoms with E-state index in [2.05, 4.69) is 19.6 Å². The van der Waals surface area contributed by atoms with E-state index in [0.717, 1.165) is 24.4 Å². The van der Waals surface area contributed by atoms with Crippen LogP contribution in [0.25, 0.3) is 0 Å². The number of hydrogen-bond acceptors (Lipinski definition) is 7. The van der Waals surface area contributed by atoms with Gasteiger partial charge in [-0.2, -0.15) is 8.68 Å². The molecule has 1 saturated heterocycles. The summed E-state index contributed by atoms with van der Waals surface area (Å²) in [6.07, 6.45) is -3.21. The Bertz CT molecular complexity index is 867. The number of nitrogens with zero attached hydrogens (tertiary/aromatic N) is 6. The molecule has 27 heavy (non-hydrogen) atoms. The van der Waals surface area contributed by atoms with Gasteiger partial charge in [0.2, 0.25) is 5.13 Å². The number of aromatic nitrogens is 2. The second-order valence-corrected chi connectivity index (χ2v) is 7.24. The average molecular weight is 420 g/mol. The molecule has 0 amide bonds. The maximum atomic E-state index is 13.4. The molecule has 2 aromatic rings.